The number of hydrogen-bond acceptors (Lipinski definition) is 3. The average molecular weight is 326 g/mol. The maximum Gasteiger partial charge on any atom is 0.123 e. The number of aromatic nitrogens is 1. The Morgan fingerprint density at radius 3 is 2.56 bits per heavy atom. The number of benzene rings is 1. The quantitative estimate of drug-likeness (QED) is 0.905. The van der Waals surface area contributed by atoms with Crippen molar-refractivity contribution in [3.05, 3.63) is 39.3 Å². The molecule has 4 heteroatoms. The summed E-state index contributed by atoms with van der Waals surface area (Å²) in [6, 6.07) is 8.17. The van der Waals surface area contributed by atoms with Gasteiger partial charge in [-0.2, -0.15) is 0 Å². The third-order valence-corrected chi connectivity index (χ3v) is 4.91. The zero-order valence-corrected chi connectivity index (χ0v) is 12.9. The highest BCUT2D eigenvalue weighted by molar-refractivity contribution is 9.10. The fourth-order valence-corrected chi connectivity index (χ4v) is 3.41. The highest BCUT2D eigenvalue weighted by atomic mass is 79.9. The largest absolute Gasteiger partial charge is 0.396 e. The highest BCUT2D eigenvalue weighted by Crippen LogP contribution is 2.34. The minimum Gasteiger partial charge on any atom is -0.396 e. The number of aliphatic hydroxyl groups excluding tert-OH is 1. The van der Waals surface area contributed by atoms with Gasteiger partial charge in [0.2, 0.25) is 0 Å². The lowest BCUT2D eigenvalue weighted by Crippen LogP contribution is -2.01. The molecule has 2 nitrogen and oxygen atoms in total. The van der Waals surface area contributed by atoms with Gasteiger partial charge in [0.25, 0.3) is 0 Å². The third-order valence-electron chi connectivity index (χ3n) is 3.01. The number of aryl methyl sites for hydroxylation is 1. The van der Waals surface area contributed by atoms with Crippen LogP contribution in [0.5, 0.6) is 0 Å². The van der Waals surface area contributed by atoms with Crippen LogP contribution in [0.1, 0.15) is 29.8 Å². The standard InChI is InChI=1S/C14H16BrNOS/c1-3-10(8-17)13-9(2)16-14(18-13)11-4-6-12(15)7-5-11/h4-7,10,17H,3,8H2,1-2H3. The van der Waals surface area contributed by atoms with Crippen LogP contribution in [0.25, 0.3) is 10.6 Å². The Bertz CT molecular complexity index is 517. The Morgan fingerprint density at radius 2 is 2.00 bits per heavy atom. The molecule has 0 fully saturated rings. The summed E-state index contributed by atoms with van der Waals surface area (Å²) in [7, 11) is 0. The molecular weight excluding hydrogens is 310 g/mol. The van der Waals surface area contributed by atoms with Crippen molar-refractivity contribution in [1.29, 1.82) is 0 Å². The summed E-state index contributed by atoms with van der Waals surface area (Å²) in [5.41, 5.74) is 2.17. The molecule has 0 aliphatic heterocycles. The molecule has 0 aliphatic carbocycles. The van der Waals surface area contributed by atoms with Crippen LogP contribution in [0.3, 0.4) is 0 Å². The maximum atomic E-state index is 9.39. The van der Waals surface area contributed by atoms with E-state index >= 15 is 0 Å². The van der Waals surface area contributed by atoms with Crippen LogP contribution in [-0.4, -0.2) is 16.7 Å². The number of nitrogens with zero attached hydrogens (tertiary/aromatic N) is 1. The summed E-state index contributed by atoms with van der Waals surface area (Å²) >= 11 is 5.12. The summed E-state index contributed by atoms with van der Waals surface area (Å²) in [4.78, 5) is 5.83. The first-order valence-electron chi connectivity index (χ1n) is 5.99. The summed E-state index contributed by atoms with van der Waals surface area (Å²) in [6.07, 6.45) is 0.944. The lowest BCUT2D eigenvalue weighted by molar-refractivity contribution is 0.263. The molecular formula is C14H16BrNOS. The van der Waals surface area contributed by atoms with E-state index in [-0.39, 0.29) is 12.5 Å². The van der Waals surface area contributed by atoms with Crippen molar-refractivity contribution in [2.24, 2.45) is 0 Å². The molecule has 96 valence electrons. The molecule has 0 saturated heterocycles. The highest BCUT2D eigenvalue weighted by Gasteiger charge is 2.16. The van der Waals surface area contributed by atoms with Gasteiger partial charge in [-0.05, 0) is 25.5 Å². The molecule has 2 rings (SSSR count). The van der Waals surface area contributed by atoms with Crippen LogP contribution >= 0.6 is 27.3 Å². The van der Waals surface area contributed by atoms with Gasteiger partial charge in [0.1, 0.15) is 5.01 Å². The van der Waals surface area contributed by atoms with Crippen LogP contribution in [0.2, 0.25) is 0 Å². The zero-order valence-electron chi connectivity index (χ0n) is 10.5. The number of hydrogen-bond donors (Lipinski definition) is 1. The van der Waals surface area contributed by atoms with Gasteiger partial charge in [-0.1, -0.05) is 35.0 Å². The van der Waals surface area contributed by atoms with Crippen LogP contribution < -0.4 is 0 Å². The summed E-state index contributed by atoms with van der Waals surface area (Å²) < 4.78 is 1.07. The summed E-state index contributed by atoms with van der Waals surface area (Å²) in [5, 5.41) is 10.4. The Morgan fingerprint density at radius 1 is 1.33 bits per heavy atom. The minimum absolute atomic E-state index is 0.194. The summed E-state index contributed by atoms with van der Waals surface area (Å²) in [5.74, 6) is 0.215. The van der Waals surface area contributed by atoms with Gasteiger partial charge >= 0.3 is 0 Å². The van der Waals surface area contributed by atoms with Gasteiger partial charge in [-0.15, -0.1) is 11.3 Å². The van der Waals surface area contributed by atoms with Crippen molar-refractivity contribution < 1.29 is 5.11 Å². The van der Waals surface area contributed by atoms with E-state index < -0.39 is 0 Å². The second-order valence-electron chi connectivity index (χ2n) is 4.26. The second kappa shape index (κ2) is 5.95. The topological polar surface area (TPSA) is 33.1 Å². The van der Waals surface area contributed by atoms with Gasteiger partial charge in [0, 0.05) is 20.8 Å². The molecule has 0 aliphatic rings. The Kier molecular flexibility index (Phi) is 4.54. The van der Waals surface area contributed by atoms with Gasteiger partial charge < -0.3 is 5.11 Å². The molecule has 1 aromatic carbocycles. The first-order chi connectivity index (χ1) is 8.65. The van der Waals surface area contributed by atoms with Crippen molar-refractivity contribution >= 4 is 27.3 Å². The fourth-order valence-electron chi connectivity index (χ4n) is 1.90. The van der Waals surface area contributed by atoms with Crippen LogP contribution in [0.4, 0.5) is 0 Å². The van der Waals surface area contributed by atoms with Crippen molar-refractivity contribution in [1.82, 2.24) is 4.98 Å². The number of rotatable bonds is 4. The molecule has 0 amide bonds. The fraction of sp³-hybridized carbons (Fsp3) is 0.357. The van der Waals surface area contributed by atoms with Gasteiger partial charge in [0.05, 0.1) is 12.3 Å². The van der Waals surface area contributed by atoms with Gasteiger partial charge in [0.15, 0.2) is 0 Å². The predicted octanol–water partition coefficient (Wildman–Crippen LogP) is 4.37. The average Bonchev–Trinajstić information content (AvgIpc) is 2.74. The van der Waals surface area contributed by atoms with E-state index in [0.29, 0.717) is 0 Å². The van der Waals surface area contributed by atoms with Crippen molar-refractivity contribution in [3.63, 3.8) is 0 Å². The van der Waals surface area contributed by atoms with E-state index in [2.05, 4.69) is 40.0 Å². The monoisotopic (exact) mass is 325 g/mol. The van der Waals surface area contributed by atoms with Crippen LogP contribution in [0.15, 0.2) is 28.7 Å². The normalized spacial score (nSPS) is 12.7. The zero-order chi connectivity index (χ0) is 13.1. The van der Waals surface area contributed by atoms with Crippen LogP contribution in [-0.2, 0) is 0 Å². The first-order valence-corrected chi connectivity index (χ1v) is 7.60. The number of thiazole rings is 1. The first kappa shape index (κ1) is 13.7. The van der Waals surface area contributed by atoms with E-state index in [1.165, 1.54) is 4.88 Å². The predicted molar refractivity (Wildman–Crippen MR) is 80.1 cm³/mol. The molecule has 0 bridgehead atoms. The molecule has 0 spiro atoms. The second-order valence-corrected chi connectivity index (χ2v) is 6.21. The lowest BCUT2D eigenvalue weighted by atomic mass is 10.1. The van der Waals surface area contributed by atoms with E-state index in [1.807, 2.05) is 19.1 Å². The smallest absolute Gasteiger partial charge is 0.123 e. The van der Waals surface area contributed by atoms with Gasteiger partial charge in [-0.3, -0.25) is 0 Å². The van der Waals surface area contributed by atoms with E-state index in [4.69, 9.17) is 0 Å². The molecule has 0 saturated carbocycles. The Labute approximate surface area is 120 Å². The minimum atomic E-state index is 0.194. The molecule has 18 heavy (non-hydrogen) atoms. The molecule has 1 atom stereocenters. The van der Waals surface area contributed by atoms with Gasteiger partial charge in [-0.25, -0.2) is 4.98 Å². The van der Waals surface area contributed by atoms with Crippen molar-refractivity contribution in [2.75, 3.05) is 6.61 Å². The van der Waals surface area contributed by atoms with E-state index in [1.54, 1.807) is 11.3 Å². The molecule has 1 aromatic heterocycles. The van der Waals surface area contributed by atoms with Crippen molar-refractivity contribution in [3.8, 4) is 10.6 Å². The number of aliphatic hydroxyl groups is 1. The SMILES string of the molecule is CCC(CO)c1sc(-c2ccc(Br)cc2)nc1C. The molecule has 2 aromatic rings. The third kappa shape index (κ3) is 2.82. The van der Waals surface area contributed by atoms with E-state index in [9.17, 15) is 5.11 Å². The van der Waals surface area contributed by atoms with E-state index in [0.717, 1.165) is 27.2 Å². The molecule has 1 unspecified atom stereocenters. The Balaban J connectivity index is 2.36. The number of halogens is 1. The van der Waals surface area contributed by atoms with Crippen LogP contribution in [0, 0.1) is 6.92 Å². The molecule has 1 heterocycles. The maximum absolute atomic E-state index is 9.39. The molecule has 1 N–H and O–H groups in total. The molecule has 0 radical (unpaired) electrons. The summed E-state index contributed by atoms with van der Waals surface area (Å²) in [6.45, 7) is 4.31. The Hall–Kier alpha value is -0.710. The van der Waals surface area contributed by atoms with Crippen molar-refractivity contribution in [2.45, 2.75) is 26.2 Å². The lowest BCUT2D eigenvalue weighted by Gasteiger charge is -2.08.